The molecule has 2 rings (SSSR count). The first-order valence-electron chi connectivity index (χ1n) is 4.50. The van der Waals surface area contributed by atoms with Gasteiger partial charge >= 0.3 is 0 Å². The van der Waals surface area contributed by atoms with Crippen LogP contribution in [0.15, 0.2) is 35.8 Å². The van der Waals surface area contributed by atoms with Gasteiger partial charge in [-0.15, -0.1) is 11.3 Å². The second-order valence-corrected chi connectivity index (χ2v) is 4.03. The number of aromatic nitrogens is 1. The van der Waals surface area contributed by atoms with Crippen molar-refractivity contribution in [1.82, 2.24) is 4.98 Å². The van der Waals surface area contributed by atoms with Gasteiger partial charge in [-0.1, -0.05) is 12.1 Å². The summed E-state index contributed by atoms with van der Waals surface area (Å²) in [5, 5.41) is 13.7. The van der Waals surface area contributed by atoms with Gasteiger partial charge < -0.3 is 5.21 Å². The van der Waals surface area contributed by atoms with Gasteiger partial charge in [-0.25, -0.2) is 9.72 Å². The molecule has 1 aromatic heterocycles. The second-order valence-electron chi connectivity index (χ2n) is 3.13. The predicted octanol–water partition coefficient (Wildman–Crippen LogP) is 2.37. The first-order chi connectivity index (χ1) is 7.25. The molecule has 0 atom stereocenters. The van der Waals surface area contributed by atoms with Gasteiger partial charge in [-0.2, -0.15) is 0 Å². The average Bonchev–Trinajstić information content (AvgIpc) is 2.71. The third-order valence-electron chi connectivity index (χ3n) is 1.92. The van der Waals surface area contributed by atoms with Crippen molar-refractivity contribution in [2.75, 3.05) is 7.05 Å². The monoisotopic (exact) mass is 218 g/mol. The Hall–Kier alpha value is -1.68. The lowest BCUT2D eigenvalue weighted by atomic mass is 10.1. The lowest BCUT2D eigenvalue weighted by Gasteiger charge is -1.98. The largest absolute Gasteiger partial charge is 0.624 e. The summed E-state index contributed by atoms with van der Waals surface area (Å²) >= 11 is 1.60. The maximum Gasteiger partial charge on any atom is 0.181 e. The maximum absolute atomic E-state index is 10.8. The van der Waals surface area contributed by atoms with E-state index in [9.17, 15) is 5.21 Å². The number of hydroxylamine groups is 1. The highest BCUT2D eigenvalue weighted by atomic mass is 32.1. The van der Waals surface area contributed by atoms with Crippen LogP contribution < -0.4 is 0 Å². The maximum atomic E-state index is 10.8. The number of hydrogen-bond donors (Lipinski definition) is 0. The van der Waals surface area contributed by atoms with Crippen LogP contribution in [0.3, 0.4) is 0 Å². The number of thiazole rings is 1. The van der Waals surface area contributed by atoms with Crippen LogP contribution in [0, 0.1) is 5.21 Å². The first-order valence-corrected chi connectivity index (χ1v) is 5.38. The van der Waals surface area contributed by atoms with E-state index in [0.717, 1.165) is 20.9 Å². The molecule has 0 fully saturated rings. The number of rotatable bonds is 2. The quantitative estimate of drug-likeness (QED) is 0.336. The number of benzene rings is 1. The van der Waals surface area contributed by atoms with Crippen molar-refractivity contribution in [3.8, 4) is 10.6 Å². The standard InChI is InChI=1S/C11H10N2OS/c1-13(14)8-9-2-4-10(5-3-9)11-12-6-7-15-11/h2-8H,1H3/b13-8-. The van der Waals surface area contributed by atoms with Crippen LogP contribution in [0.1, 0.15) is 5.56 Å². The lowest BCUT2D eigenvalue weighted by Crippen LogP contribution is -1.96. The molecular formula is C11H10N2OS. The summed E-state index contributed by atoms with van der Waals surface area (Å²) < 4.78 is 0.790. The third kappa shape index (κ3) is 2.41. The summed E-state index contributed by atoms with van der Waals surface area (Å²) in [7, 11) is 1.47. The minimum Gasteiger partial charge on any atom is -0.624 e. The summed E-state index contributed by atoms with van der Waals surface area (Å²) in [6.07, 6.45) is 3.32. The summed E-state index contributed by atoms with van der Waals surface area (Å²) in [5.74, 6) is 0. The molecule has 0 bridgehead atoms. The Labute approximate surface area is 91.9 Å². The van der Waals surface area contributed by atoms with Crippen LogP contribution in [0.4, 0.5) is 0 Å². The minimum atomic E-state index is 0.790. The molecule has 3 nitrogen and oxygen atoms in total. The molecule has 0 aliphatic heterocycles. The molecular weight excluding hydrogens is 208 g/mol. The molecule has 0 saturated carbocycles. The highest BCUT2D eigenvalue weighted by molar-refractivity contribution is 7.13. The Kier molecular flexibility index (Phi) is 2.78. The Balaban J connectivity index is 2.29. The molecule has 15 heavy (non-hydrogen) atoms. The first kappa shape index (κ1) is 9.86. The van der Waals surface area contributed by atoms with E-state index < -0.39 is 0 Å². The van der Waals surface area contributed by atoms with Gasteiger partial charge in [0.15, 0.2) is 6.21 Å². The Morgan fingerprint density at radius 3 is 2.60 bits per heavy atom. The predicted molar refractivity (Wildman–Crippen MR) is 62.3 cm³/mol. The zero-order chi connectivity index (χ0) is 10.7. The van der Waals surface area contributed by atoms with Crippen LogP contribution in [-0.4, -0.2) is 23.0 Å². The smallest absolute Gasteiger partial charge is 0.181 e. The molecule has 0 saturated heterocycles. The van der Waals surface area contributed by atoms with Crippen molar-refractivity contribution in [3.05, 3.63) is 46.6 Å². The van der Waals surface area contributed by atoms with Crippen molar-refractivity contribution in [3.63, 3.8) is 0 Å². The van der Waals surface area contributed by atoms with Gasteiger partial charge in [0, 0.05) is 22.7 Å². The van der Waals surface area contributed by atoms with Gasteiger partial charge in [-0.3, -0.25) is 0 Å². The molecule has 0 aliphatic rings. The molecule has 2 aromatic rings. The lowest BCUT2D eigenvalue weighted by molar-refractivity contribution is -0.416. The number of nitrogens with zero attached hydrogens (tertiary/aromatic N) is 2. The van der Waals surface area contributed by atoms with Crippen LogP contribution in [0.2, 0.25) is 0 Å². The third-order valence-corrected chi connectivity index (χ3v) is 2.74. The van der Waals surface area contributed by atoms with E-state index in [-0.39, 0.29) is 0 Å². The molecule has 0 N–H and O–H groups in total. The molecule has 0 unspecified atom stereocenters. The van der Waals surface area contributed by atoms with Crippen molar-refractivity contribution in [2.24, 2.45) is 0 Å². The van der Waals surface area contributed by atoms with Crippen LogP contribution >= 0.6 is 11.3 Å². The van der Waals surface area contributed by atoms with E-state index in [4.69, 9.17) is 0 Å². The summed E-state index contributed by atoms with van der Waals surface area (Å²) in [6, 6.07) is 7.75. The molecule has 76 valence electrons. The molecule has 0 radical (unpaired) electrons. The van der Waals surface area contributed by atoms with Crippen LogP contribution in [-0.2, 0) is 0 Å². The van der Waals surface area contributed by atoms with E-state index in [0.29, 0.717) is 0 Å². The van der Waals surface area contributed by atoms with E-state index in [2.05, 4.69) is 4.98 Å². The highest BCUT2D eigenvalue weighted by Crippen LogP contribution is 2.21. The van der Waals surface area contributed by atoms with Crippen molar-refractivity contribution in [1.29, 1.82) is 0 Å². The highest BCUT2D eigenvalue weighted by Gasteiger charge is 1.99. The van der Waals surface area contributed by atoms with E-state index in [1.807, 2.05) is 29.6 Å². The fourth-order valence-corrected chi connectivity index (χ4v) is 1.93. The Morgan fingerprint density at radius 1 is 1.33 bits per heavy atom. The molecule has 4 heteroatoms. The zero-order valence-corrected chi connectivity index (χ0v) is 9.07. The topological polar surface area (TPSA) is 39.0 Å². The van der Waals surface area contributed by atoms with E-state index in [1.54, 1.807) is 17.5 Å². The van der Waals surface area contributed by atoms with Gasteiger partial charge in [0.1, 0.15) is 12.1 Å². The normalized spacial score (nSPS) is 11.7. The van der Waals surface area contributed by atoms with Crippen LogP contribution in [0.5, 0.6) is 0 Å². The summed E-state index contributed by atoms with van der Waals surface area (Å²) in [5.41, 5.74) is 1.98. The molecule has 0 spiro atoms. The average molecular weight is 218 g/mol. The minimum absolute atomic E-state index is 0.790. The Morgan fingerprint density at radius 2 is 2.07 bits per heavy atom. The van der Waals surface area contributed by atoms with Crippen molar-refractivity contribution < 1.29 is 4.74 Å². The van der Waals surface area contributed by atoms with Crippen molar-refractivity contribution >= 4 is 17.6 Å². The summed E-state index contributed by atoms with van der Waals surface area (Å²) in [4.78, 5) is 4.21. The van der Waals surface area contributed by atoms with E-state index in [1.165, 1.54) is 13.3 Å². The number of hydrogen-bond acceptors (Lipinski definition) is 3. The van der Waals surface area contributed by atoms with E-state index >= 15 is 0 Å². The van der Waals surface area contributed by atoms with Gasteiger partial charge in [-0.05, 0) is 12.1 Å². The molecule has 0 amide bonds. The van der Waals surface area contributed by atoms with Crippen LogP contribution in [0.25, 0.3) is 10.6 Å². The van der Waals surface area contributed by atoms with Gasteiger partial charge in [0.25, 0.3) is 0 Å². The molecule has 1 heterocycles. The fourth-order valence-electron chi connectivity index (χ4n) is 1.29. The fraction of sp³-hybridized carbons (Fsp3) is 0.0909. The molecule has 1 aromatic carbocycles. The Bertz CT molecular complexity index is 456. The van der Waals surface area contributed by atoms with Crippen molar-refractivity contribution in [2.45, 2.75) is 0 Å². The van der Waals surface area contributed by atoms with Gasteiger partial charge in [0.05, 0.1) is 0 Å². The SMILES string of the molecule is C/[N+]([O-])=C/c1ccc(-c2nccs2)cc1. The molecule has 0 aliphatic carbocycles. The van der Waals surface area contributed by atoms with Gasteiger partial charge in [0.2, 0.25) is 0 Å². The second kappa shape index (κ2) is 4.23. The zero-order valence-electron chi connectivity index (χ0n) is 8.25. The summed E-state index contributed by atoms with van der Waals surface area (Å²) in [6.45, 7) is 0.